The Morgan fingerprint density at radius 2 is 2.15 bits per heavy atom. The number of imide groups is 1. The summed E-state index contributed by atoms with van der Waals surface area (Å²) in [5.41, 5.74) is -0.0289. The van der Waals surface area contributed by atoms with Crippen molar-refractivity contribution < 1.29 is 9.59 Å². The van der Waals surface area contributed by atoms with Crippen LogP contribution in [0.15, 0.2) is 12.4 Å². The van der Waals surface area contributed by atoms with Crippen molar-refractivity contribution >= 4 is 23.9 Å². The van der Waals surface area contributed by atoms with Crippen LogP contribution in [0, 0.1) is 0 Å². The lowest BCUT2D eigenvalue weighted by Crippen LogP contribution is -2.26. The predicted molar refractivity (Wildman–Crippen MR) is 45.2 cm³/mol. The number of rotatable bonds is 2. The number of hydrogen-bond acceptors (Lipinski definition) is 4. The Bertz CT molecular complexity index is 342. The van der Waals surface area contributed by atoms with E-state index in [-0.39, 0.29) is 10.8 Å². The molecule has 1 aromatic heterocycles. The van der Waals surface area contributed by atoms with Gasteiger partial charge in [-0.05, 0) is 0 Å². The summed E-state index contributed by atoms with van der Waals surface area (Å²) in [7, 11) is 1.32. The number of aromatic nitrogens is 2. The van der Waals surface area contributed by atoms with Crippen molar-refractivity contribution in [2.24, 2.45) is 0 Å². The monoisotopic (exact) mass is 199 g/mol. The van der Waals surface area contributed by atoms with Crippen LogP contribution in [0.5, 0.6) is 0 Å². The average Bonchev–Trinajstić information content (AvgIpc) is 2.16. The van der Waals surface area contributed by atoms with E-state index in [9.17, 15) is 9.59 Å². The Morgan fingerprint density at radius 1 is 1.54 bits per heavy atom. The van der Waals surface area contributed by atoms with Crippen LogP contribution in [-0.4, -0.2) is 34.2 Å². The topological polar surface area (TPSA) is 63.2 Å². The summed E-state index contributed by atoms with van der Waals surface area (Å²) in [5.74, 6) is -0.576. The van der Waals surface area contributed by atoms with Gasteiger partial charge in [-0.2, -0.15) is 0 Å². The van der Waals surface area contributed by atoms with E-state index < -0.39 is 5.91 Å². The van der Waals surface area contributed by atoms with Crippen LogP contribution in [0.1, 0.15) is 10.5 Å². The van der Waals surface area contributed by atoms with E-state index >= 15 is 0 Å². The highest BCUT2D eigenvalue weighted by molar-refractivity contribution is 6.32. The van der Waals surface area contributed by atoms with Gasteiger partial charge in [0.15, 0.2) is 10.8 Å². The first kappa shape index (κ1) is 9.60. The predicted octanol–water partition coefficient (Wildman–Crippen LogP) is 0.358. The molecule has 0 aromatic carbocycles. The number of amides is 2. The second-order valence-electron chi connectivity index (χ2n) is 2.22. The molecule has 0 bridgehead atoms. The number of nitrogens with zero attached hydrogens (tertiary/aromatic N) is 3. The fraction of sp³-hybridized carbons (Fsp3) is 0.143. The van der Waals surface area contributed by atoms with Crippen molar-refractivity contribution in [2.45, 2.75) is 0 Å². The number of carbonyl (C=O) groups is 2. The van der Waals surface area contributed by atoms with Crippen molar-refractivity contribution in [1.82, 2.24) is 14.9 Å². The number of carbonyl (C=O) groups excluding carboxylic acids is 2. The molecule has 1 rings (SSSR count). The van der Waals surface area contributed by atoms with E-state index in [4.69, 9.17) is 11.6 Å². The SMILES string of the molecule is CN(C=O)C(=O)c1nccnc1Cl. The van der Waals surface area contributed by atoms with Crippen LogP contribution in [0.3, 0.4) is 0 Å². The summed E-state index contributed by atoms with van der Waals surface area (Å²) in [6.07, 6.45) is 3.07. The summed E-state index contributed by atoms with van der Waals surface area (Å²) in [5, 5.41) is -0.0128. The Balaban J connectivity index is 3.02. The minimum atomic E-state index is -0.576. The molecular formula is C7H6ClN3O2. The van der Waals surface area contributed by atoms with E-state index in [2.05, 4.69) is 9.97 Å². The fourth-order valence-corrected chi connectivity index (χ4v) is 0.865. The molecule has 0 saturated heterocycles. The Kier molecular flexibility index (Phi) is 2.92. The summed E-state index contributed by atoms with van der Waals surface area (Å²) in [6.45, 7) is 0. The zero-order valence-corrected chi connectivity index (χ0v) is 7.52. The smallest absolute Gasteiger partial charge is 0.281 e. The van der Waals surface area contributed by atoms with Gasteiger partial charge in [-0.3, -0.25) is 14.5 Å². The van der Waals surface area contributed by atoms with Crippen LogP contribution in [-0.2, 0) is 4.79 Å². The number of hydrogen-bond donors (Lipinski definition) is 0. The van der Waals surface area contributed by atoms with E-state index in [1.54, 1.807) is 0 Å². The van der Waals surface area contributed by atoms with Crippen LogP contribution in [0.25, 0.3) is 0 Å². The first-order valence-corrected chi connectivity index (χ1v) is 3.73. The van der Waals surface area contributed by atoms with Crippen molar-refractivity contribution in [1.29, 1.82) is 0 Å². The number of halogens is 1. The molecule has 5 nitrogen and oxygen atoms in total. The zero-order chi connectivity index (χ0) is 9.84. The van der Waals surface area contributed by atoms with Crippen molar-refractivity contribution in [3.63, 3.8) is 0 Å². The van der Waals surface area contributed by atoms with Crippen molar-refractivity contribution in [3.05, 3.63) is 23.2 Å². The molecule has 0 radical (unpaired) electrons. The minimum absolute atomic E-state index is 0.0128. The van der Waals surface area contributed by atoms with Crippen LogP contribution < -0.4 is 0 Å². The molecule has 0 unspecified atom stereocenters. The van der Waals surface area contributed by atoms with E-state index in [0.29, 0.717) is 6.41 Å². The van der Waals surface area contributed by atoms with Gasteiger partial charge in [0, 0.05) is 19.4 Å². The molecule has 0 aliphatic rings. The minimum Gasteiger partial charge on any atom is -0.283 e. The lowest BCUT2D eigenvalue weighted by atomic mass is 10.4. The van der Waals surface area contributed by atoms with Gasteiger partial charge in [0.25, 0.3) is 5.91 Å². The van der Waals surface area contributed by atoms with E-state index in [1.165, 1.54) is 19.4 Å². The Morgan fingerprint density at radius 3 is 2.69 bits per heavy atom. The molecule has 0 N–H and O–H groups in total. The van der Waals surface area contributed by atoms with Gasteiger partial charge in [-0.15, -0.1) is 0 Å². The molecule has 0 fully saturated rings. The van der Waals surface area contributed by atoms with Gasteiger partial charge < -0.3 is 0 Å². The summed E-state index contributed by atoms with van der Waals surface area (Å²) >= 11 is 5.58. The average molecular weight is 200 g/mol. The maximum absolute atomic E-state index is 11.3. The van der Waals surface area contributed by atoms with Gasteiger partial charge in [0.2, 0.25) is 6.41 Å². The first-order valence-electron chi connectivity index (χ1n) is 3.35. The zero-order valence-electron chi connectivity index (χ0n) is 6.77. The molecular weight excluding hydrogens is 194 g/mol. The van der Waals surface area contributed by atoms with E-state index in [1.807, 2.05) is 0 Å². The molecule has 2 amide bonds. The molecule has 0 spiro atoms. The quantitative estimate of drug-likeness (QED) is 0.645. The first-order chi connectivity index (χ1) is 6.16. The second kappa shape index (κ2) is 3.95. The van der Waals surface area contributed by atoms with Gasteiger partial charge >= 0.3 is 0 Å². The van der Waals surface area contributed by atoms with Gasteiger partial charge in [0.05, 0.1) is 0 Å². The van der Waals surface area contributed by atoms with Crippen LogP contribution in [0.2, 0.25) is 5.15 Å². The lowest BCUT2D eigenvalue weighted by Gasteiger charge is -2.07. The van der Waals surface area contributed by atoms with E-state index in [0.717, 1.165) is 4.90 Å². The Labute approximate surface area is 79.4 Å². The van der Waals surface area contributed by atoms with Crippen LogP contribution in [0.4, 0.5) is 0 Å². The standard InChI is InChI=1S/C7H6ClN3O2/c1-11(4-12)7(13)5-6(8)10-3-2-9-5/h2-4H,1H3. The summed E-state index contributed by atoms with van der Waals surface area (Å²) < 4.78 is 0. The molecule has 6 heteroatoms. The normalized spacial score (nSPS) is 9.38. The summed E-state index contributed by atoms with van der Waals surface area (Å²) in [4.78, 5) is 29.8. The molecule has 1 aromatic rings. The highest BCUT2D eigenvalue weighted by atomic mass is 35.5. The van der Waals surface area contributed by atoms with Gasteiger partial charge in [0.1, 0.15) is 0 Å². The fourth-order valence-electron chi connectivity index (χ4n) is 0.679. The third-order valence-electron chi connectivity index (χ3n) is 1.33. The summed E-state index contributed by atoms with van der Waals surface area (Å²) in [6, 6.07) is 0. The maximum Gasteiger partial charge on any atom is 0.281 e. The maximum atomic E-state index is 11.3. The Hall–Kier alpha value is -1.49. The second-order valence-corrected chi connectivity index (χ2v) is 2.58. The third-order valence-corrected chi connectivity index (χ3v) is 1.61. The third kappa shape index (κ3) is 2.00. The molecule has 0 aliphatic carbocycles. The van der Waals surface area contributed by atoms with Crippen molar-refractivity contribution in [2.75, 3.05) is 7.05 Å². The highest BCUT2D eigenvalue weighted by Gasteiger charge is 2.16. The lowest BCUT2D eigenvalue weighted by molar-refractivity contribution is -0.115. The largest absolute Gasteiger partial charge is 0.283 e. The van der Waals surface area contributed by atoms with Gasteiger partial charge in [-0.25, -0.2) is 9.97 Å². The highest BCUT2D eigenvalue weighted by Crippen LogP contribution is 2.09. The molecule has 0 aliphatic heterocycles. The molecule has 1 heterocycles. The van der Waals surface area contributed by atoms with Crippen molar-refractivity contribution in [3.8, 4) is 0 Å². The molecule has 68 valence electrons. The van der Waals surface area contributed by atoms with Crippen LogP contribution >= 0.6 is 11.6 Å². The molecule has 0 saturated carbocycles. The molecule has 13 heavy (non-hydrogen) atoms. The molecule has 0 atom stereocenters. The van der Waals surface area contributed by atoms with Gasteiger partial charge in [-0.1, -0.05) is 11.6 Å².